The van der Waals surface area contributed by atoms with Crippen LogP contribution in [0, 0.1) is 6.92 Å². The van der Waals surface area contributed by atoms with Crippen molar-refractivity contribution in [1.82, 2.24) is 20.1 Å². The third kappa shape index (κ3) is 4.27. The topological polar surface area (TPSA) is 91.3 Å². The van der Waals surface area contributed by atoms with Gasteiger partial charge in [-0.05, 0) is 66.1 Å². The third-order valence-corrected chi connectivity index (χ3v) is 7.03. The van der Waals surface area contributed by atoms with E-state index in [-0.39, 0.29) is 11.7 Å². The Bertz CT molecular complexity index is 1640. The zero-order valence-corrected chi connectivity index (χ0v) is 21.2. The lowest BCUT2D eigenvalue weighted by atomic mass is 9.95. The first-order valence-corrected chi connectivity index (χ1v) is 12.5. The van der Waals surface area contributed by atoms with E-state index in [0.717, 1.165) is 16.7 Å². The molecule has 38 heavy (non-hydrogen) atoms. The van der Waals surface area contributed by atoms with E-state index in [1.54, 1.807) is 29.4 Å². The smallest absolute Gasteiger partial charge is 0.273 e. The molecule has 7 nitrogen and oxygen atoms in total. The van der Waals surface area contributed by atoms with Gasteiger partial charge in [-0.2, -0.15) is 5.10 Å². The quantitative estimate of drug-likeness (QED) is 0.259. The molecule has 2 N–H and O–H groups in total. The van der Waals surface area contributed by atoms with Crippen LogP contribution in [-0.4, -0.2) is 31.1 Å². The van der Waals surface area contributed by atoms with Crippen molar-refractivity contribution in [2.45, 2.75) is 19.5 Å². The Morgan fingerprint density at radius 1 is 1.03 bits per heavy atom. The number of H-pyrrole nitrogens is 1. The molecule has 1 aliphatic rings. The number of hydrogen-bond donors (Lipinski definition) is 2. The van der Waals surface area contributed by atoms with Gasteiger partial charge >= 0.3 is 0 Å². The van der Waals surface area contributed by atoms with E-state index in [9.17, 15) is 9.90 Å². The summed E-state index contributed by atoms with van der Waals surface area (Å²) in [5.74, 6) is 1.20. The normalized spacial score (nSPS) is 14.5. The highest BCUT2D eigenvalue weighted by molar-refractivity contribution is 6.31. The molecule has 0 spiro atoms. The van der Waals surface area contributed by atoms with E-state index in [2.05, 4.69) is 15.2 Å². The zero-order valence-electron chi connectivity index (χ0n) is 20.4. The summed E-state index contributed by atoms with van der Waals surface area (Å²) in [7, 11) is 0. The Kier molecular flexibility index (Phi) is 6.05. The van der Waals surface area contributed by atoms with Gasteiger partial charge in [0, 0.05) is 35.1 Å². The second kappa shape index (κ2) is 9.68. The highest BCUT2D eigenvalue weighted by atomic mass is 35.5. The Hall–Kier alpha value is -4.62. The van der Waals surface area contributed by atoms with Gasteiger partial charge < -0.3 is 14.7 Å². The minimum atomic E-state index is -0.495. The summed E-state index contributed by atoms with van der Waals surface area (Å²) in [5, 5.41) is 18.7. The molecule has 0 bridgehead atoms. The number of pyridine rings is 1. The number of halogens is 1. The summed E-state index contributed by atoms with van der Waals surface area (Å²) in [4.78, 5) is 19.7. The number of phenols is 1. The molecule has 8 heteroatoms. The van der Waals surface area contributed by atoms with Gasteiger partial charge in [0.25, 0.3) is 5.91 Å². The van der Waals surface area contributed by atoms with Crippen molar-refractivity contribution in [3.8, 4) is 28.5 Å². The maximum absolute atomic E-state index is 13.7. The van der Waals surface area contributed by atoms with Crippen molar-refractivity contribution in [3.63, 3.8) is 0 Å². The Morgan fingerprint density at radius 3 is 2.63 bits per heavy atom. The number of carbonyl (C=O) groups excluding carboxylic acids is 1. The molecule has 0 aliphatic carbocycles. The molecular formula is C30H23ClN4O3. The van der Waals surface area contributed by atoms with Crippen molar-refractivity contribution in [3.05, 3.63) is 124 Å². The van der Waals surface area contributed by atoms with Crippen LogP contribution in [0.1, 0.15) is 38.8 Å². The largest absolute Gasteiger partial charge is 0.507 e. The average molecular weight is 523 g/mol. The number of amides is 1. The Morgan fingerprint density at radius 2 is 1.84 bits per heavy atom. The van der Waals surface area contributed by atoms with Crippen LogP contribution in [0.4, 0.5) is 0 Å². The fourth-order valence-electron chi connectivity index (χ4n) is 4.83. The van der Waals surface area contributed by atoms with Gasteiger partial charge in [0.1, 0.15) is 28.6 Å². The minimum absolute atomic E-state index is 0.0410. The van der Waals surface area contributed by atoms with Gasteiger partial charge in [0.05, 0.1) is 6.04 Å². The zero-order chi connectivity index (χ0) is 26.2. The van der Waals surface area contributed by atoms with E-state index >= 15 is 0 Å². The minimum Gasteiger partial charge on any atom is -0.507 e. The number of rotatable bonds is 6. The Labute approximate surface area is 224 Å². The molecule has 0 saturated carbocycles. The highest BCUT2D eigenvalue weighted by Gasteiger charge is 2.42. The van der Waals surface area contributed by atoms with Crippen LogP contribution in [0.25, 0.3) is 11.3 Å². The number of ether oxygens (including phenoxy) is 1. The van der Waals surface area contributed by atoms with E-state index in [1.807, 2.05) is 73.7 Å². The van der Waals surface area contributed by atoms with Gasteiger partial charge in [-0.15, -0.1) is 0 Å². The molecule has 0 unspecified atom stereocenters. The lowest BCUT2D eigenvalue weighted by Gasteiger charge is -2.27. The van der Waals surface area contributed by atoms with Crippen LogP contribution in [0.15, 0.2) is 91.3 Å². The van der Waals surface area contributed by atoms with Crippen molar-refractivity contribution in [2.24, 2.45) is 0 Å². The maximum Gasteiger partial charge on any atom is 0.273 e. The second-order valence-electron chi connectivity index (χ2n) is 9.16. The Balaban J connectivity index is 1.48. The lowest BCUT2D eigenvalue weighted by molar-refractivity contribution is 0.0729. The fourth-order valence-corrected chi connectivity index (χ4v) is 4.99. The number of phenolic OH excluding ortho intramolecular Hbond substituents is 1. The number of para-hydroxylation sites is 1. The average Bonchev–Trinajstić information content (AvgIpc) is 3.46. The fraction of sp³-hybridized carbons (Fsp3) is 0.100. The van der Waals surface area contributed by atoms with E-state index in [1.165, 1.54) is 0 Å². The molecule has 0 fully saturated rings. The number of fused-ring (bicyclic) bond motifs is 1. The lowest BCUT2D eigenvalue weighted by Crippen LogP contribution is -2.29. The summed E-state index contributed by atoms with van der Waals surface area (Å²) in [6.45, 7) is 2.16. The first-order chi connectivity index (χ1) is 18.5. The first kappa shape index (κ1) is 23.8. The summed E-state index contributed by atoms with van der Waals surface area (Å²) in [6.07, 6.45) is 3.45. The van der Waals surface area contributed by atoms with Crippen LogP contribution in [-0.2, 0) is 6.54 Å². The van der Waals surface area contributed by atoms with Crippen molar-refractivity contribution in [1.29, 1.82) is 0 Å². The molecule has 0 saturated heterocycles. The van der Waals surface area contributed by atoms with Crippen molar-refractivity contribution >= 4 is 17.5 Å². The van der Waals surface area contributed by atoms with Gasteiger partial charge in [-0.25, -0.2) is 0 Å². The van der Waals surface area contributed by atoms with Crippen molar-refractivity contribution in [2.75, 3.05) is 0 Å². The summed E-state index contributed by atoms with van der Waals surface area (Å²) < 4.78 is 6.10. The molecule has 5 aromatic rings. The predicted octanol–water partition coefficient (Wildman–Crippen LogP) is 6.68. The van der Waals surface area contributed by atoms with Crippen LogP contribution < -0.4 is 4.74 Å². The van der Waals surface area contributed by atoms with E-state index in [4.69, 9.17) is 16.3 Å². The van der Waals surface area contributed by atoms with Gasteiger partial charge in [0.2, 0.25) is 0 Å². The summed E-state index contributed by atoms with van der Waals surface area (Å²) >= 11 is 6.42. The molecular weight excluding hydrogens is 500 g/mol. The van der Waals surface area contributed by atoms with Crippen LogP contribution in [0.3, 0.4) is 0 Å². The molecule has 3 heterocycles. The number of nitrogens with zero attached hydrogens (tertiary/aromatic N) is 3. The first-order valence-electron chi connectivity index (χ1n) is 12.1. The van der Waals surface area contributed by atoms with Crippen LogP contribution in [0.2, 0.25) is 5.02 Å². The summed E-state index contributed by atoms with van der Waals surface area (Å²) in [5.41, 5.74) is 4.46. The number of carbonyl (C=O) groups is 1. The van der Waals surface area contributed by atoms with Crippen molar-refractivity contribution < 1.29 is 14.6 Å². The molecule has 1 amide bonds. The standard InChI is InChI=1S/C30H23ClN4O3/c1-18-13-25(36)23(15-24(18)31)27-26-28(34-33-27)30(37)35(17-19-7-6-12-32-16-19)29(26)20-8-5-11-22(14-20)38-21-9-3-2-4-10-21/h2-16,29,36H,17H2,1H3,(H,33,34)/t29-/m1/s1. The third-order valence-electron chi connectivity index (χ3n) is 6.62. The van der Waals surface area contributed by atoms with Gasteiger partial charge in [-0.1, -0.05) is 48.0 Å². The number of hydrogen-bond acceptors (Lipinski definition) is 5. The molecule has 188 valence electrons. The molecule has 6 rings (SSSR count). The number of aryl methyl sites for hydroxylation is 1. The molecule has 2 aromatic heterocycles. The highest BCUT2D eigenvalue weighted by Crippen LogP contribution is 2.46. The SMILES string of the molecule is Cc1cc(O)c(-c2n[nH]c3c2[C@@H](c2cccc(Oc4ccccc4)c2)N(Cc2cccnc2)C3=O)cc1Cl. The van der Waals surface area contributed by atoms with Crippen LogP contribution in [0.5, 0.6) is 17.2 Å². The number of aromatic nitrogens is 3. The number of benzene rings is 3. The van der Waals surface area contributed by atoms with Gasteiger partial charge in [-0.3, -0.25) is 14.9 Å². The monoisotopic (exact) mass is 522 g/mol. The number of aromatic hydroxyl groups is 1. The molecule has 3 aromatic carbocycles. The maximum atomic E-state index is 13.7. The molecule has 1 atom stereocenters. The van der Waals surface area contributed by atoms with Gasteiger partial charge in [0.15, 0.2) is 0 Å². The number of nitrogens with one attached hydrogen (secondary N) is 1. The summed E-state index contributed by atoms with van der Waals surface area (Å²) in [6, 6.07) is 23.8. The van der Waals surface area contributed by atoms with E-state index < -0.39 is 6.04 Å². The molecule has 0 radical (unpaired) electrons. The number of aromatic amines is 1. The van der Waals surface area contributed by atoms with E-state index in [0.29, 0.717) is 45.6 Å². The predicted molar refractivity (Wildman–Crippen MR) is 144 cm³/mol. The van der Waals surface area contributed by atoms with Crippen LogP contribution >= 0.6 is 11.6 Å². The molecule has 1 aliphatic heterocycles. The second-order valence-corrected chi connectivity index (χ2v) is 9.57.